The van der Waals surface area contributed by atoms with Crippen LogP contribution in [0, 0.1) is 23.3 Å². The molecule has 4 rings (SSSR count). The van der Waals surface area contributed by atoms with E-state index in [1.54, 1.807) is 0 Å². The number of aromatic carboxylic acids is 1. The van der Waals surface area contributed by atoms with E-state index in [9.17, 15) is 27.2 Å². The summed E-state index contributed by atoms with van der Waals surface area (Å²) in [5.41, 5.74) is -2.08. The van der Waals surface area contributed by atoms with Gasteiger partial charge in [-0.2, -0.15) is 0 Å². The molecule has 30 heavy (non-hydrogen) atoms. The number of aromatic nitrogens is 1. The second-order valence-corrected chi connectivity index (χ2v) is 6.47. The molecule has 0 unspecified atom stereocenters. The summed E-state index contributed by atoms with van der Waals surface area (Å²) in [5.74, 6) is -5.60. The molecule has 4 nitrogen and oxygen atoms in total. The molecule has 0 saturated heterocycles. The molecule has 0 spiro atoms. The van der Waals surface area contributed by atoms with Crippen molar-refractivity contribution < 1.29 is 27.5 Å². The van der Waals surface area contributed by atoms with Crippen LogP contribution >= 0.6 is 0 Å². The molecule has 0 aliphatic carbocycles. The summed E-state index contributed by atoms with van der Waals surface area (Å²) in [6, 6.07) is 9.62. The number of fused-ring (bicyclic) bond motifs is 1. The minimum absolute atomic E-state index is 0.0127. The normalized spacial score (nSPS) is 11.1. The Kier molecular flexibility index (Phi) is 4.62. The number of carbonyl (C=O) groups is 1. The highest BCUT2D eigenvalue weighted by molar-refractivity contribution is 5.90. The maximum absolute atomic E-state index is 14.6. The van der Waals surface area contributed by atoms with Crippen molar-refractivity contribution in [2.75, 3.05) is 0 Å². The molecule has 0 aliphatic heterocycles. The first-order valence-electron chi connectivity index (χ1n) is 8.60. The summed E-state index contributed by atoms with van der Waals surface area (Å²) in [6.07, 6.45) is 1.31. The van der Waals surface area contributed by atoms with Gasteiger partial charge in [0.25, 0.3) is 0 Å². The maximum atomic E-state index is 14.6. The quantitative estimate of drug-likeness (QED) is 0.487. The van der Waals surface area contributed by atoms with Gasteiger partial charge in [0.2, 0.25) is 0 Å². The predicted molar refractivity (Wildman–Crippen MR) is 101 cm³/mol. The zero-order valence-corrected chi connectivity index (χ0v) is 15.0. The third kappa shape index (κ3) is 3.12. The molecule has 8 heteroatoms. The standard InChI is InChI=1S/C22H11F4NO3/c23-12-4-5-13(14(24)10-12)17-2-1-3-18-21(19(28)6-7-27(17)18)20-15(25)8-11(22(29)30)9-16(20)26/h1-10H,(H,29,30). The van der Waals surface area contributed by atoms with E-state index in [0.29, 0.717) is 18.2 Å². The molecule has 0 radical (unpaired) electrons. The van der Waals surface area contributed by atoms with Crippen LogP contribution in [0.4, 0.5) is 17.6 Å². The highest BCUT2D eigenvalue weighted by Crippen LogP contribution is 2.31. The average Bonchev–Trinajstić information content (AvgIpc) is 2.68. The highest BCUT2D eigenvalue weighted by atomic mass is 19.1. The fourth-order valence-electron chi connectivity index (χ4n) is 3.34. The third-order valence-corrected chi connectivity index (χ3v) is 4.65. The van der Waals surface area contributed by atoms with Gasteiger partial charge < -0.3 is 9.51 Å². The van der Waals surface area contributed by atoms with Crippen molar-refractivity contribution in [1.82, 2.24) is 4.40 Å². The van der Waals surface area contributed by atoms with E-state index in [1.807, 2.05) is 0 Å². The first kappa shape index (κ1) is 19.4. The van der Waals surface area contributed by atoms with Gasteiger partial charge in [-0.05, 0) is 36.4 Å². The van der Waals surface area contributed by atoms with Crippen LogP contribution in [0.2, 0.25) is 0 Å². The van der Waals surface area contributed by atoms with E-state index >= 15 is 0 Å². The number of carboxylic acids is 1. The molecule has 0 atom stereocenters. The Bertz CT molecular complexity index is 1370. The van der Waals surface area contributed by atoms with Crippen molar-refractivity contribution in [2.45, 2.75) is 0 Å². The van der Waals surface area contributed by atoms with E-state index in [1.165, 1.54) is 34.9 Å². The third-order valence-electron chi connectivity index (χ3n) is 4.65. The number of nitrogens with zero attached hydrogens (tertiary/aromatic N) is 1. The number of benzene rings is 2. The first-order chi connectivity index (χ1) is 14.3. The summed E-state index contributed by atoms with van der Waals surface area (Å²) in [4.78, 5) is 23.6. The van der Waals surface area contributed by atoms with Gasteiger partial charge in [-0.3, -0.25) is 4.79 Å². The number of hydrogen-bond acceptors (Lipinski definition) is 2. The van der Waals surface area contributed by atoms with Crippen LogP contribution < -0.4 is 5.43 Å². The lowest BCUT2D eigenvalue weighted by Gasteiger charge is -2.14. The fraction of sp³-hybridized carbons (Fsp3) is 0. The molecule has 4 aromatic rings. The van der Waals surface area contributed by atoms with Crippen molar-refractivity contribution >= 4 is 11.5 Å². The lowest BCUT2D eigenvalue weighted by atomic mass is 10.00. The minimum Gasteiger partial charge on any atom is -0.478 e. The van der Waals surface area contributed by atoms with Gasteiger partial charge >= 0.3 is 5.97 Å². The summed E-state index contributed by atoms with van der Waals surface area (Å²) in [5, 5.41) is 8.97. The number of pyridine rings is 2. The molecule has 0 bridgehead atoms. The molecule has 0 amide bonds. The summed E-state index contributed by atoms with van der Waals surface area (Å²) < 4.78 is 58.2. The Labute approximate surface area is 166 Å². The molecule has 0 aliphatic rings. The number of hydrogen-bond donors (Lipinski definition) is 1. The molecule has 0 saturated carbocycles. The van der Waals surface area contributed by atoms with Gasteiger partial charge in [-0.1, -0.05) is 6.07 Å². The smallest absolute Gasteiger partial charge is 0.335 e. The largest absolute Gasteiger partial charge is 0.478 e. The van der Waals surface area contributed by atoms with Crippen LogP contribution in [0.15, 0.2) is 65.6 Å². The lowest BCUT2D eigenvalue weighted by Crippen LogP contribution is -2.11. The second-order valence-electron chi connectivity index (χ2n) is 6.47. The van der Waals surface area contributed by atoms with Gasteiger partial charge in [0.05, 0.1) is 27.9 Å². The zero-order chi connectivity index (χ0) is 21.6. The molecule has 2 aromatic heterocycles. The van der Waals surface area contributed by atoms with Crippen molar-refractivity contribution in [3.8, 4) is 22.4 Å². The van der Waals surface area contributed by atoms with Crippen molar-refractivity contribution in [2.24, 2.45) is 0 Å². The summed E-state index contributed by atoms with van der Waals surface area (Å²) in [6.45, 7) is 0. The van der Waals surface area contributed by atoms with Crippen molar-refractivity contribution in [3.63, 3.8) is 0 Å². The number of carboxylic acid groups (broad SMARTS) is 1. The van der Waals surface area contributed by atoms with Crippen molar-refractivity contribution in [1.29, 1.82) is 0 Å². The van der Waals surface area contributed by atoms with Gasteiger partial charge in [0, 0.05) is 23.9 Å². The van der Waals surface area contributed by atoms with Gasteiger partial charge in [0.1, 0.15) is 23.3 Å². The maximum Gasteiger partial charge on any atom is 0.335 e. The van der Waals surface area contributed by atoms with Crippen LogP contribution in [0.3, 0.4) is 0 Å². The highest BCUT2D eigenvalue weighted by Gasteiger charge is 2.21. The molecule has 1 N–H and O–H groups in total. The second kappa shape index (κ2) is 7.14. The van der Waals surface area contributed by atoms with E-state index in [4.69, 9.17) is 5.11 Å². The fourth-order valence-corrected chi connectivity index (χ4v) is 3.34. The number of halogens is 4. The molecule has 0 fully saturated rings. The molecular weight excluding hydrogens is 402 g/mol. The average molecular weight is 413 g/mol. The molecule has 2 aromatic carbocycles. The van der Waals surface area contributed by atoms with E-state index in [-0.39, 0.29) is 22.3 Å². The zero-order valence-electron chi connectivity index (χ0n) is 15.0. The number of rotatable bonds is 3. The van der Waals surface area contributed by atoms with Crippen LogP contribution in [-0.4, -0.2) is 15.5 Å². The van der Waals surface area contributed by atoms with Crippen LogP contribution in [0.5, 0.6) is 0 Å². The Hall–Kier alpha value is -3.94. The minimum atomic E-state index is -1.52. The molecule has 2 heterocycles. The van der Waals surface area contributed by atoms with Crippen LogP contribution in [0.1, 0.15) is 10.4 Å². The summed E-state index contributed by atoms with van der Waals surface area (Å²) >= 11 is 0. The van der Waals surface area contributed by atoms with Gasteiger partial charge in [-0.15, -0.1) is 0 Å². The Balaban J connectivity index is 2.05. The van der Waals surface area contributed by atoms with Crippen LogP contribution in [0.25, 0.3) is 27.9 Å². The molecule has 150 valence electrons. The Morgan fingerprint density at radius 1 is 0.833 bits per heavy atom. The topological polar surface area (TPSA) is 58.8 Å². The molecular formula is C22H11F4NO3. The van der Waals surface area contributed by atoms with E-state index in [0.717, 1.165) is 12.1 Å². The Morgan fingerprint density at radius 2 is 1.53 bits per heavy atom. The van der Waals surface area contributed by atoms with Gasteiger partial charge in [0.15, 0.2) is 5.43 Å². The first-order valence-corrected chi connectivity index (χ1v) is 8.60. The lowest BCUT2D eigenvalue weighted by molar-refractivity contribution is 0.0695. The van der Waals surface area contributed by atoms with Crippen molar-refractivity contribution in [3.05, 3.63) is 99.8 Å². The predicted octanol–water partition coefficient (Wildman–Crippen LogP) is 4.89. The Morgan fingerprint density at radius 3 is 2.17 bits per heavy atom. The van der Waals surface area contributed by atoms with E-state index in [2.05, 4.69) is 0 Å². The van der Waals surface area contributed by atoms with E-state index < -0.39 is 45.8 Å². The van der Waals surface area contributed by atoms with Gasteiger partial charge in [-0.25, -0.2) is 22.4 Å². The van der Waals surface area contributed by atoms with Crippen LogP contribution in [-0.2, 0) is 0 Å². The monoisotopic (exact) mass is 413 g/mol. The summed E-state index contributed by atoms with van der Waals surface area (Å²) in [7, 11) is 0. The SMILES string of the molecule is O=C(O)c1cc(F)c(-c2c(=O)ccn3c(-c4ccc(F)cc4F)cccc23)c(F)c1.